The topological polar surface area (TPSA) is 69.6 Å². The van der Waals surface area contributed by atoms with Crippen LogP contribution >= 0.6 is 22.9 Å². The lowest BCUT2D eigenvalue weighted by atomic mass is 9.86. The summed E-state index contributed by atoms with van der Waals surface area (Å²) in [7, 11) is 3.80. The molecule has 0 saturated heterocycles. The third kappa shape index (κ3) is 5.26. The van der Waals surface area contributed by atoms with Gasteiger partial charge < -0.3 is 15.5 Å². The molecule has 28 heavy (non-hydrogen) atoms. The summed E-state index contributed by atoms with van der Waals surface area (Å²) in [5.41, 5.74) is 1.70. The minimum absolute atomic E-state index is 0.0619. The number of carbonyl (C=O) groups is 1. The number of alkyl halides is 1. The van der Waals surface area contributed by atoms with Gasteiger partial charge in [0.25, 0.3) is 5.91 Å². The maximum absolute atomic E-state index is 12.8. The molecule has 1 aromatic rings. The number of aryl methyl sites for hydroxylation is 2. The van der Waals surface area contributed by atoms with Crippen LogP contribution in [0.25, 0.3) is 0 Å². The third-order valence-electron chi connectivity index (χ3n) is 5.42. The maximum Gasteiger partial charge on any atom is 0.254 e. The number of halogens is 1. The number of nitrogens with zero attached hydrogens (tertiary/aromatic N) is 3. The zero-order valence-corrected chi connectivity index (χ0v) is 18.7. The summed E-state index contributed by atoms with van der Waals surface area (Å²) in [4.78, 5) is 24.9. The van der Waals surface area contributed by atoms with E-state index < -0.39 is 0 Å². The second-order valence-corrected chi connectivity index (χ2v) is 9.65. The van der Waals surface area contributed by atoms with Crippen LogP contribution in [-0.4, -0.2) is 60.2 Å². The van der Waals surface area contributed by atoms with E-state index in [-0.39, 0.29) is 17.3 Å². The second kappa shape index (κ2) is 9.27. The van der Waals surface area contributed by atoms with E-state index in [9.17, 15) is 4.79 Å². The maximum atomic E-state index is 12.8. The Bertz CT molecular complexity index is 745. The summed E-state index contributed by atoms with van der Waals surface area (Å²) in [5.74, 6) is 1.27. The summed E-state index contributed by atoms with van der Waals surface area (Å²) in [6.07, 6.45) is 6.03. The molecule has 2 aliphatic rings. The van der Waals surface area contributed by atoms with Gasteiger partial charge in [0.05, 0.1) is 23.2 Å². The number of aliphatic imine (C=N–C) groups is 1. The standard InChI is InChI=1S/C20H30ClN5OS/c1-12-13(2)28-20(24-12)23-10-14-5-7-16(8-6-14)25-19(27)17-9-15(21)11-22-18(17)26(3)4/h9,14-16H,5-8,10-11H2,1-4H3,(H,23,24)(H,25,27). The van der Waals surface area contributed by atoms with Gasteiger partial charge in [-0.2, -0.15) is 0 Å². The summed E-state index contributed by atoms with van der Waals surface area (Å²) in [5, 5.41) is 7.47. The first-order chi connectivity index (χ1) is 13.3. The molecule has 2 heterocycles. The van der Waals surface area contributed by atoms with Crippen LogP contribution in [0.4, 0.5) is 5.13 Å². The number of dihydropyridines is 1. The number of amidine groups is 1. The highest BCUT2D eigenvalue weighted by molar-refractivity contribution is 7.15. The molecule has 1 saturated carbocycles. The van der Waals surface area contributed by atoms with E-state index in [0.29, 0.717) is 23.9 Å². The molecule has 1 aromatic heterocycles. The van der Waals surface area contributed by atoms with Gasteiger partial charge in [-0.1, -0.05) is 0 Å². The number of amides is 1. The third-order valence-corrected chi connectivity index (χ3v) is 6.72. The molecule has 3 rings (SSSR count). The number of aromatic nitrogens is 1. The van der Waals surface area contributed by atoms with E-state index in [0.717, 1.165) is 43.1 Å². The minimum Gasteiger partial charge on any atom is -0.362 e. The molecule has 0 aromatic carbocycles. The van der Waals surface area contributed by atoms with E-state index in [1.165, 1.54) is 4.88 Å². The van der Waals surface area contributed by atoms with Crippen LogP contribution in [0.1, 0.15) is 36.3 Å². The Morgan fingerprint density at radius 2 is 2.00 bits per heavy atom. The minimum atomic E-state index is -0.218. The first-order valence-corrected chi connectivity index (χ1v) is 11.2. The van der Waals surface area contributed by atoms with E-state index in [1.807, 2.05) is 32.0 Å². The molecule has 1 unspecified atom stereocenters. The van der Waals surface area contributed by atoms with Crippen molar-refractivity contribution in [1.29, 1.82) is 0 Å². The number of hydrogen-bond acceptors (Lipinski definition) is 6. The molecule has 1 atom stereocenters. The van der Waals surface area contributed by atoms with Crippen molar-refractivity contribution in [3.63, 3.8) is 0 Å². The van der Waals surface area contributed by atoms with Crippen LogP contribution in [0, 0.1) is 19.8 Å². The highest BCUT2D eigenvalue weighted by atomic mass is 35.5. The lowest BCUT2D eigenvalue weighted by Crippen LogP contribution is -2.43. The Labute approximate surface area is 176 Å². The average molecular weight is 424 g/mol. The number of likely N-dealkylation sites (N-methyl/N-ethyl adjacent to an activating group) is 1. The van der Waals surface area contributed by atoms with Crippen LogP contribution in [0.2, 0.25) is 0 Å². The van der Waals surface area contributed by atoms with Crippen molar-refractivity contribution >= 4 is 39.8 Å². The van der Waals surface area contributed by atoms with Crippen molar-refractivity contribution in [2.24, 2.45) is 10.9 Å². The summed E-state index contributed by atoms with van der Waals surface area (Å²) in [6, 6.07) is 0.216. The van der Waals surface area contributed by atoms with E-state index >= 15 is 0 Å². The Balaban J connectivity index is 1.47. The normalized spacial score (nSPS) is 25.0. The van der Waals surface area contributed by atoms with Crippen LogP contribution in [-0.2, 0) is 4.79 Å². The molecule has 0 radical (unpaired) electrons. The van der Waals surface area contributed by atoms with Crippen molar-refractivity contribution in [3.8, 4) is 0 Å². The molecular formula is C20H30ClN5OS. The van der Waals surface area contributed by atoms with Crippen LogP contribution in [0.3, 0.4) is 0 Å². The summed E-state index contributed by atoms with van der Waals surface area (Å²) < 4.78 is 0. The second-order valence-electron chi connectivity index (χ2n) is 7.89. The number of thiazole rings is 1. The molecule has 8 heteroatoms. The van der Waals surface area contributed by atoms with Gasteiger partial charge in [-0.05, 0) is 51.5 Å². The molecule has 1 amide bonds. The van der Waals surface area contributed by atoms with E-state index in [2.05, 4.69) is 27.5 Å². The van der Waals surface area contributed by atoms with E-state index in [4.69, 9.17) is 11.6 Å². The average Bonchev–Trinajstić information content (AvgIpc) is 2.98. The first kappa shape index (κ1) is 21.1. The first-order valence-electron chi connectivity index (χ1n) is 9.90. The quantitative estimate of drug-likeness (QED) is 0.712. The Hall–Kier alpha value is -1.60. The monoisotopic (exact) mass is 423 g/mol. The highest BCUT2D eigenvalue weighted by Gasteiger charge is 2.27. The van der Waals surface area contributed by atoms with Crippen molar-refractivity contribution in [2.75, 3.05) is 32.5 Å². The molecule has 1 aliphatic heterocycles. The molecule has 2 N–H and O–H groups in total. The molecule has 6 nitrogen and oxygen atoms in total. The largest absolute Gasteiger partial charge is 0.362 e. The SMILES string of the molecule is Cc1nc(NCC2CCC(NC(=O)C3=CC(Cl)CN=C3N(C)C)CC2)sc1C. The van der Waals surface area contributed by atoms with Crippen molar-refractivity contribution < 1.29 is 4.79 Å². The number of carbonyl (C=O) groups excluding carboxylic acids is 1. The smallest absolute Gasteiger partial charge is 0.254 e. The number of anilines is 1. The van der Waals surface area contributed by atoms with Gasteiger partial charge in [-0.3, -0.25) is 9.79 Å². The van der Waals surface area contributed by atoms with Crippen molar-refractivity contribution in [1.82, 2.24) is 15.2 Å². The van der Waals surface area contributed by atoms with Gasteiger partial charge in [-0.25, -0.2) is 4.98 Å². The molecule has 154 valence electrons. The molecule has 1 aliphatic carbocycles. The van der Waals surface area contributed by atoms with Crippen LogP contribution in [0.15, 0.2) is 16.6 Å². The van der Waals surface area contributed by atoms with E-state index in [1.54, 1.807) is 11.3 Å². The van der Waals surface area contributed by atoms with Crippen LogP contribution < -0.4 is 10.6 Å². The number of hydrogen-bond donors (Lipinski definition) is 2. The Kier molecular flexibility index (Phi) is 6.99. The van der Waals surface area contributed by atoms with Gasteiger partial charge in [-0.15, -0.1) is 22.9 Å². The number of nitrogens with one attached hydrogen (secondary N) is 2. The zero-order chi connectivity index (χ0) is 20.3. The van der Waals surface area contributed by atoms with Gasteiger partial charge in [0.2, 0.25) is 0 Å². The van der Waals surface area contributed by atoms with Gasteiger partial charge in [0, 0.05) is 31.6 Å². The highest BCUT2D eigenvalue weighted by Crippen LogP contribution is 2.27. The predicted molar refractivity (Wildman–Crippen MR) is 118 cm³/mol. The van der Waals surface area contributed by atoms with Gasteiger partial charge >= 0.3 is 0 Å². The molecule has 0 spiro atoms. The Morgan fingerprint density at radius 1 is 1.29 bits per heavy atom. The zero-order valence-electron chi connectivity index (χ0n) is 17.1. The number of rotatable bonds is 5. The van der Waals surface area contributed by atoms with Crippen molar-refractivity contribution in [2.45, 2.75) is 50.9 Å². The van der Waals surface area contributed by atoms with Gasteiger partial charge in [0.1, 0.15) is 5.84 Å². The molecule has 0 bridgehead atoms. The lowest BCUT2D eigenvalue weighted by molar-refractivity contribution is -0.118. The predicted octanol–water partition coefficient (Wildman–Crippen LogP) is 3.35. The fraction of sp³-hybridized carbons (Fsp3) is 0.650. The fourth-order valence-corrected chi connectivity index (χ4v) is 4.70. The molecule has 1 fully saturated rings. The summed E-state index contributed by atoms with van der Waals surface area (Å²) in [6.45, 7) is 5.61. The van der Waals surface area contributed by atoms with Crippen LogP contribution in [0.5, 0.6) is 0 Å². The molecular weight excluding hydrogens is 394 g/mol. The van der Waals surface area contributed by atoms with Gasteiger partial charge in [0.15, 0.2) is 5.13 Å². The van der Waals surface area contributed by atoms with Crippen molar-refractivity contribution in [3.05, 3.63) is 22.2 Å². The lowest BCUT2D eigenvalue weighted by Gasteiger charge is -2.30. The summed E-state index contributed by atoms with van der Waals surface area (Å²) >= 11 is 7.91. The Morgan fingerprint density at radius 3 is 2.61 bits per heavy atom. The fourth-order valence-electron chi connectivity index (χ4n) is 3.68.